The van der Waals surface area contributed by atoms with Crippen molar-refractivity contribution in [2.24, 2.45) is 11.1 Å². The molecular formula is C30H42FN5O4S. The Bertz CT molecular complexity index is 1470. The van der Waals surface area contributed by atoms with Gasteiger partial charge in [0.05, 0.1) is 27.6 Å². The fourth-order valence-corrected chi connectivity index (χ4v) is 9.29. The first kappa shape index (κ1) is 29.6. The number of halogens is 1. The Morgan fingerprint density at radius 3 is 2.44 bits per heavy atom. The van der Waals surface area contributed by atoms with Gasteiger partial charge in [-0.25, -0.2) is 12.8 Å². The van der Waals surface area contributed by atoms with Crippen molar-refractivity contribution in [2.45, 2.75) is 88.6 Å². The maximum atomic E-state index is 15.6. The first-order chi connectivity index (χ1) is 19.3. The van der Waals surface area contributed by atoms with Crippen LogP contribution in [-0.4, -0.2) is 68.2 Å². The second-order valence-electron chi connectivity index (χ2n) is 13.0. The zero-order valence-electron chi connectivity index (χ0n) is 24.5. The molecule has 4 N–H and O–H groups in total. The summed E-state index contributed by atoms with van der Waals surface area (Å²) in [6.45, 7) is 4.58. The molecule has 41 heavy (non-hydrogen) atoms. The van der Waals surface area contributed by atoms with Gasteiger partial charge in [0.15, 0.2) is 9.84 Å². The van der Waals surface area contributed by atoms with Gasteiger partial charge >= 0.3 is 0 Å². The molecule has 0 bridgehead atoms. The topological polar surface area (TPSA) is 127 Å². The van der Waals surface area contributed by atoms with Crippen molar-refractivity contribution in [3.8, 4) is 5.69 Å². The number of anilines is 1. The summed E-state index contributed by atoms with van der Waals surface area (Å²) >= 11 is 0. The third-order valence-electron chi connectivity index (χ3n) is 8.62. The number of benzene rings is 1. The number of hydrogen-bond donors (Lipinski definition) is 3. The Balaban J connectivity index is 1.43. The summed E-state index contributed by atoms with van der Waals surface area (Å²) in [6.07, 6.45) is 6.27. The lowest BCUT2D eigenvalue weighted by Gasteiger charge is -2.32. The highest BCUT2D eigenvalue weighted by Gasteiger charge is 2.42. The van der Waals surface area contributed by atoms with Crippen LogP contribution in [0.15, 0.2) is 17.0 Å². The van der Waals surface area contributed by atoms with Gasteiger partial charge in [-0.3, -0.25) is 9.59 Å². The van der Waals surface area contributed by atoms with Crippen LogP contribution in [0.25, 0.3) is 5.69 Å². The number of rotatable bonds is 8. The van der Waals surface area contributed by atoms with Crippen molar-refractivity contribution < 1.29 is 22.4 Å². The highest BCUT2D eigenvalue weighted by Crippen LogP contribution is 2.44. The minimum absolute atomic E-state index is 0.0266. The Morgan fingerprint density at radius 2 is 1.78 bits per heavy atom. The molecule has 1 fully saturated rings. The van der Waals surface area contributed by atoms with Gasteiger partial charge in [-0.05, 0) is 88.6 Å². The summed E-state index contributed by atoms with van der Waals surface area (Å²) < 4.78 is 44.3. The van der Waals surface area contributed by atoms with Crippen LogP contribution in [-0.2, 0) is 33.9 Å². The normalized spacial score (nSPS) is 22.7. The van der Waals surface area contributed by atoms with Gasteiger partial charge in [-0.2, -0.15) is 0 Å². The number of hydrogen-bond acceptors (Lipinski definition) is 6. The summed E-state index contributed by atoms with van der Waals surface area (Å²) in [5.74, 6) is -1.47. The van der Waals surface area contributed by atoms with Gasteiger partial charge in [0, 0.05) is 36.4 Å². The second kappa shape index (κ2) is 11.1. The van der Waals surface area contributed by atoms with E-state index >= 15 is 4.39 Å². The van der Waals surface area contributed by atoms with Crippen LogP contribution in [0, 0.1) is 11.2 Å². The van der Waals surface area contributed by atoms with Crippen LogP contribution in [0.2, 0.25) is 0 Å². The first-order valence-electron chi connectivity index (χ1n) is 14.6. The van der Waals surface area contributed by atoms with E-state index in [1.165, 1.54) is 6.07 Å². The molecule has 11 heteroatoms. The van der Waals surface area contributed by atoms with Gasteiger partial charge < -0.3 is 25.8 Å². The fourth-order valence-electron chi connectivity index (χ4n) is 6.90. The number of carbonyl (C=O) groups is 2. The summed E-state index contributed by atoms with van der Waals surface area (Å²) in [6, 6.07) is 3.10. The standard InChI is InChI=1S/C30H42FN5O4S/c1-30(2)16-25-28(41(39,40)17-30)21-6-5-7-24(21)36(25)20-14-22(31)27(29(32)38)23(15-20)33-18-8-10-19(11-9-18)34-26(37)12-13-35(3)4/h14-15,18-19,33H,5-13,16-17H2,1-4H3,(H2,32,38)(H,34,37)/t18-,19-. The van der Waals surface area contributed by atoms with Crippen molar-refractivity contribution in [3.63, 3.8) is 0 Å². The summed E-state index contributed by atoms with van der Waals surface area (Å²) in [4.78, 5) is 27.0. The highest BCUT2D eigenvalue weighted by atomic mass is 32.2. The fraction of sp³-hybridized carbons (Fsp3) is 0.600. The number of primary amides is 1. The van der Waals surface area contributed by atoms with Gasteiger partial charge in [-0.15, -0.1) is 0 Å². The molecule has 0 radical (unpaired) electrons. The van der Waals surface area contributed by atoms with Crippen molar-refractivity contribution in [1.29, 1.82) is 0 Å². The van der Waals surface area contributed by atoms with E-state index < -0.39 is 27.0 Å². The SMILES string of the molecule is CN(C)CCC(=O)N[C@H]1CC[C@H](Nc2cc(-n3c4c(c5c3CC(C)(C)CS5(=O)=O)CCC4)cc(F)c2C(N)=O)CC1. The third-order valence-corrected chi connectivity index (χ3v) is 10.9. The van der Waals surface area contributed by atoms with E-state index in [9.17, 15) is 18.0 Å². The number of nitrogens with two attached hydrogens (primary N) is 1. The molecule has 0 saturated heterocycles. The molecule has 0 spiro atoms. The Morgan fingerprint density at radius 1 is 1.10 bits per heavy atom. The van der Waals surface area contributed by atoms with Gasteiger partial charge in [0.25, 0.3) is 5.91 Å². The minimum Gasteiger partial charge on any atom is -0.382 e. The molecule has 2 amide bonds. The molecule has 224 valence electrons. The molecule has 2 aromatic rings. The third kappa shape index (κ3) is 6.02. The van der Waals surface area contributed by atoms with E-state index in [1.54, 1.807) is 6.07 Å². The van der Waals surface area contributed by atoms with Crippen LogP contribution in [0.5, 0.6) is 0 Å². The van der Waals surface area contributed by atoms with Crippen LogP contribution in [0.3, 0.4) is 0 Å². The van der Waals surface area contributed by atoms with E-state index in [4.69, 9.17) is 5.73 Å². The predicted molar refractivity (Wildman–Crippen MR) is 157 cm³/mol. The van der Waals surface area contributed by atoms with Crippen molar-refractivity contribution >= 4 is 27.3 Å². The molecule has 3 aliphatic rings. The maximum Gasteiger partial charge on any atom is 0.253 e. The number of aromatic nitrogens is 1. The van der Waals surface area contributed by atoms with Crippen molar-refractivity contribution in [1.82, 2.24) is 14.8 Å². The lowest BCUT2D eigenvalue weighted by atomic mass is 9.89. The van der Waals surface area contributed by atoms with E-state index in [-0.39, 0.29) is 29.3 Å². The van der Waals surface area contributed by atoms with E-state index in [1.807, 2.05) is 37.4 Å². The average molecular weight is 588 g/mol. The van der Waals surface area contributed by atoms with E-state index in [2.05, 4.69) is 10.6 Å². The number of amides is 2. The summed E-state index contributed by atoms with van der Waals surface area (Å²) in [5, 5.41) is 6.49. The molecule has 2 aliphatic carbocycles. The molecule has 5 rings (SSSR count). The molecule has 1 aliphatic heterocycles. The van der Waals surface area contributed by atoms with E-state index in [0.29, 0.717) is 54.2 Å². The largest absolute Gasteiger partial charge is 0.382 e. The van der Waals surface area contributed by atoms with Gasteiger partial charge in [0.1, 0.15) is 5.82 Å². The Kier molecular flexibility index (Phi) is 7.97. The smallest absolute Gasteiger partial charge is 0.253 e. The number of nitrogens with one attached hydrogen (secondary N) is 2. The quantitative estimate of drug-likeness (QED) is 0.435. The van der Waals surface area contributed by atoms with Crippen LogP contribution >= 0.6 is 0 Å². The molecular weight excluding hydrogens is 545 g/mol. The van der Waals surface area contributed by atoms with Crippen LogP contribution in [0.4, 0.5) is 10.1 Å². The molecule has 1 aromatic carbocycles. The maximum absolute atomic E-state index is 15.6. The lowest BCUT2D eigenvalue weighted by Crippen LogP contribution is -2.41. The number of fused-ring (bicyclic) bond motifs is 3. The molecule has 1 saturated carbocycles. The lowest BCUT2D eigenvalue weighted by molar-refractivity contribution is -0.122. The molecule has 2 heterocycles. The second-order valence-corrected chi connectivity index (χ2v) is 14.9. The number of nitrogens with zero attached hydrogens (tertiary/aromatic N) is 2. The van der Waals surface area contributed by atoms with Crippen LogP contribution < -0.4 is 16.4 Å². The predicted octanol–water partition coefficient (Wildman–Crippen LogP) is 3.35. The number of carbonyl (C=O) groups excluding carboxylic acids is 2. The zero-order chi connectivity index (χ0) is 29.7. The monoisotopic (exact) mass is 587 g/mol. The Hall–Kier alpha value is -2.92. The zero-order valence-corrected chi connectivity index (χ0v) is 25.3. The number of sulfone groups is 1. The van der Waals surface area contributed by atoms with Gasteiger partial charge in [0.2, 0.25) is 5.91 Å². The summed E-state index contributed by atoms with van der Waals surface area (Å²) in [5.41, 5.74) is 8.28. The van der Waals surface area contributed by atoms with Gasteiger partial charge in [-0.1, -0.05) is 13.8 Å². The van der Waals surface area contributed by atoms with E-state index in [0.717, 1.165) is 43.4 Å². The molecule has 0 atom stereocenters. The van der Waals surface area contributed by atoms with Crippen molar-refractivity contribution in [2.75, 3.05) is 31.7 Å². The first-order valence-corrected chi connectivity index (χ1v) is 16.2. The molecule has 0 unspecified atom stereocenters. The average Bonchev–Trinajstić information content (AvgIpc) is 3.42. The summed E-state index contributed by atoms with van der Waals surface area (Å²) in [7, 11) is 0.382. The van der Waals surface area contributed by atoms with Crippen LogP contribution in [0.1, 0.15) is 79.7 Å². The Labute approximate surface area is 242 Å². The molecule has 9 nitrogen and oxygen atoms in total. The van der Waals surface area contributed by atoms with Crippen molar-refractivity contribution in [3.05, 3.63) is 40.5 Å². The minimum atomic E-state index is -3.49. The molecule has 1 aromatic heterocycles. The highest BCUT2D eigenvalue weighted by molar-refractivity contribution is 7.91.